The molecule has 0 saturated heterocycles. The van der Waals surface area contributed by atoms with Gasteiger partial charge in [0.1, 0.15) is 5.75 Å². The number of methoxy groups -OCH3 is 1. The molecule has 2 aromatic rings. The highest BCUT2D eigenvalue weighted by Gasteiger charge is 2.10. The van der Waals surface area contributed by atoms with Gasteiger partial charge in [0.05, 0.1) is 25.9 Å². The normalized spacial score (nSPS) is 11.6. The third kappa shape index (κ3) is 9.41. The van der Waals surface area contributed by atoms with E-state index in [0.717, 1.165) is 29.8 Å². The summed E-state index contributed by atoms with van der Waals surface area (Å²) in [5.41, 5.74) is 9.32. The minimum atomic E-state index is -0.146. The number of halogens is 1. The monoisotopic (exact) mass is 497 g/mol. The molecule has 0 heterocycles. The number of hydrogen-bond acceptors (Lipinski definition) is 3. The Morgan fingerprint density at radius 2 is 1.71 bits per heavy atom. The fourth-order valence-electron chi connectivity index (χ4n) is 2.48. The molecule has 0 aliphatic carbocycles. The van der Waals surface area contributed by atoms with Crippen LogP contribution in [0.15, 0.2) is 53.5 Å². The van der Waals surface area contributed by atoms with Crippen molar-refractivity contribution in [3.8, 4) is 5.75 Å². The lowest BCUT2D eigenvalue weighted by molar-refractivity contribution is -0.0149. The molecule has 6 heteroatoms. The zero-order chi connectivity index (χ0) is 19.7. The molecule has 28 heavy (non-hydrogen) atoms. The molecule has 0 amide bonds. The summed E-state index contributed by atoms with van der Waals surface area (Å²) < 4.78 is 11.0. The Bertz CT molecular complexity index is 740. The van der Waals surface area contributed by atoms with E-state index in [1.54, 1.807) is 7.11 Å². The molecule has 0 unspecified atom stereocenters. The molecule has 0 radical (unpaired) electrons. The number of guanidine groups is 1. The number of ether oxygens (including phenoxy) is 2. The SMILES string of the molecule is COc1ccc(CCNC(N)=NCc2cccc(COC(C)(C)C)c2)cc1.I. The van der Waals surface area contributed by atoms with Crippen molar-refractivity contribution in [2.75, 3.05) is 13.7 Å². The fraction of sp³-hybridized carbons (Fsp3) is 0.409. The van der Waals surface area contributed by atoms with Crippen molar-refractivity contribution in [3.63, 3.8) is 0 Å². The maximum Gasteiger partial charge on any atom is 0.188 e. The van der Waals surface area contributed by atoms with Crippen LogP contribution in [0.1, 0.15) is 37.5 Å². The number of nitrogens with two attached hydrogens (primary N) is 1. The predicted molar refractivity (Wildman–Crippen MR) is 126 cm³/mol. The topological polar surface area (TPSA) is 68.9 Å². The van der Waals surface area contributed by atoms with Crippen LogP contribution in [-0.2, 0) is 24.3 Å². The van der Waals surface area contributed by atoms with Crippen LogP contribution in [0.4, 0.5) is 0 Å². The van der Waals surface area contributed by atoms with Gasteiger partial charge in [-0.15, -0.1) is 24.0 Å². The quantitative estimate of drug-likeness (QED) is 0.325. The largest absolute Gasteiger partial charge is 0.497 e. The van der Waals surface area contributed by atoms with Crippen LogP contribution in [0.2, 0.25) is 0 Å². The Labute approximate surface area is 185 Å². The minimum Gasteiger partial charge on any atom is -0.497 e. The molecule has 2 aromatic carbocycles. The smallest absolute Gasteiger partial charge is 0.188 e. The van der Waals surface area contributed by atoms with Crippen LogP contribution in [-0.4, -0.2) is 25.2 Å². The molecule has 0 aliphatic heterocycles. The van der Waals surface area contributed by atoms with Crippen molar-refractivity contribution in [3.05, 3.63) is 65.2 Å². The van der Waals surface area contributed by atoms with Crippen LogP contribution in [0.25, 0.3) is 0 Å². The van der Waals surface area contributed by atoms with Crippen molar-refractivity contribution in [2.24, 2.45) is 10.7 Å². The number of benzene rings is 2. The summed E-state index contributed by atoms with van der Waals surface area (Å²) >= 11 is 0. The standard InChI is InChI=1S/C22H31N3O2.HI/c1-22(2,3)27-16-19-7-5-6-18(14-19)15-25-21(23)24-13-12-17-8-10-20(26-4)11-9-17;/h5-11,14H,12-13,15-16H2,1-4H3,(H3,23,24,25);1H. The van der Waals surface area contributed by atoms with E-state index in [9.17, 15) is 0 Å². The van der Waals surface area contributed by atoms with Gasteiger partial charge in [-0.3, -0.25) is 0 Å². The van der Waals surface area contributed by atoms with Gasteiger partial charge in [0.15, 0.2) is 5.96 Å². The summed E-state index contributed by atoms with van der Waals surface area (Å²) in [6, 6.07) is 16.3. The van der Waals surface area contributed by atoms with Gasteiger partial charge in [0.25, 0.3) is 0 Å². The first-order valence-electron chi connectivity index (χ1n) is 9.24. The number of hydrogen-bond donors (Lipinski definition) is 2. The second-order valence-electron chi connectivity index (χ2n) is 7.45. The lowest BCUT2D eigenvalue weighted by atomic mass is 10.1. The number of nitrogens with zero attached hydrogens (tertiary/aromatic N) is 1. The summed E-state index contributed by atoms with van der Waals surface area (Å²) in [7, 11) is 1.67. The second kappa shape index (κ2) is 11.9. The van der Waals surface area contributed by atoms with E-state index in [1.165, 1.54) is 5.56 Å². The Balaban J connectivity index is 0.00000392. The van der Waals surface area contributed by atoms with Gasteiger partial charge in [-0.2, -0.15) is 0 Å². The Hall–Kier alpha value is -1.80. The van der Waals surface area contributed by atoms with E-state index in [1.807, 2.05) is 18.2 Å². The Morgan fingerprint density at radius 3 is 2.36 bits per heavy atom. The molecule has 154 valence electrons. The van der Waals surface area contributed by atoms with E-state index in [4.69, 9.17) is 15.2 Å². The van der Waals surface area contributed by atoms with Crippen LogP contribution < -0.4 is 15.8 Å². The summed E-state index contributed by atoms with van der Waals surface area (Å²) in [5, 5.41) is 3.16. The van der Waals surface area contributed by atoms with E-state index in [2.05, 4.69) is 61.4 Å². The molecule has 0 atom stereocenters. The highest BCUT2D eigenvalue weighted by molar-refractivity contribution is 14.0. The minimum absolute atomic E-state index is 0. The number of aliphatic imine (C=N–C) groups is 1. The van der Waals surface area contributed by atoms with Gasteiger partial charge in [-0.1, -0.05) is 36.4 Å². The van der Waals surface area contributed by atoms with Gasteiger partial charge < -0.3 is 20.5 Å². The first-order chi connectivity index (χ1) is 12.9. The molecule has 0 aromatic heterocycles. The first kappa shape index (κ1) is 24.2. The number of nitrogens with one attached hydrogen (secondary N) is 1. The van der Waals surface area contributed by atoms with Gasteiger partial charge >= 0.3 is 0 Å². The summed E-state index contributed by atoms with van der Waals surface area (Å²) in [6.45, 7) is 8.04. The van der Waals surface area contributed by atoms with Crippen LogP contribution in [0, 0.1) is 0 Å². The summed E-state index contributed by atoms with van der Waals surface area (Å²) in [6.07, 6.45) is 0.875. The predicted octanol–water partition coefficient (Wildman–Crippen LogP) is 4.28. The lowest BCUT2D eigenvalue weighted by Crippen LogP contribution is -2.33. The van der Waals surface area contributed by atoms with Crippen molar-refractivity contribution in [1.82, 2.24) is 5.32 Å². The fourth-order valence-corrected chi connectivity index (χ4v) is 2.48. The Morgan fingerprint density at radius 1 is 1.04 bits per heavy atom. The molecule has 2 rings (SSSR count). The molecule has 0 bridgehead atoms. The number of rotatable bonds is 8. The second-order valence-corrected chi connectivity index (χ2v) is 7.45. The third-order valence-corrected chi connectivity index (χ3v) is 3.97. The Kier molecular flexibility index (Phi) is 10.3. The zero-order valence-corrected chi connectivity index (χ0v) is 19.5. The van der Waals surface area contributed by atoms with E-state index >= 15 is 0 Å². The van der Waals surface area contributed by atoms with Crippen LogP contribution >= 0.6 is 24.0 Å². The summed E-state index contributed by atoms with van der Waals surface area (Å²) in [5.74, 6) is 1.32. The zero-order valence-electron chi connectivity index (χ0n) is 17.2. The van der Waals surface area contributed by atoms with Crippen LogP contribution in [0.3, 0.4) is 0 Å². The molecule has 0 saturated carbocycles. The van der Waals surface area contributed by atoms with Gasteiger partial charge in [0, 0.05) is 6.54 Å². The molecule has 0 fully saturated rings. The van der Waals surface area contributed by atoms with Crippen molar-refractivity contribution >= 4 is 29.9 Å². The van der Waals surface area contributed by atoms with Crippen molar-refractivity contribution in [1.29, 1.82) is 0 Å². The van der Waals surface area contributed by atoms with Crippen molar-refractivity contribution < 1.29 is 9.47 Å². The average Bonchev–Trinajstić information content (AvgIpc) is 2.65. The maximum absolute atomic E-state index is 5.98. The highest BCUT2D eigenvalue weighted by Crippen LogP contribution is 2.14. The van der Waals surface area contributed by atoms with Gasteiger partial charge in [0.2, 0.25) is 0 Å². The average molecular weight is 497 g/mol. The molecule has 3 N–H and O–H groups in total. The molecular weight excluding hydrogens is 465 g/mol. The third-order valence-electron chi connectivity index (χ3n) is 3.97. The summed E-state index contributed by atoms with van der Waals surface area (Å²) in [4.78, 5) is 4.43. The molecule has 0 aliphatic rings. The van der Waals surface area contributed by atoms with Crippen LogP contribution in [0.5, 0.6) is 5.75 Å². The van der Waals surface area contributed by atoms with Gasteiger partial charge in [-0.25, -0.2) is 4.99 Å². The van der Waals surface area contributed by atoms with E-state index in [-0.39, 0.29) is 29.6 Å². The molecule has 5 nitrogen and oxygen atoms in total. The van der Waals surface area contributed by atoms with E-state index in [0.29, 0.717) is 19.1 Å². The molecular formula is C22H32IN3O2. The van der Waals surface area contributed by atoms with Crippen molar-refractivity contribution in [2.45, 2.75) is 45.9 Å². The van der Waals surface area contributed by atoms with Gasteiger partial charge in [-0.05, 0) is 56.0 Å². The van der Waals surface area contributed by atoms with E-state index < -0.39 is 0 Å². The highest BCUT2D eigenvalue weighted by atomic mass is 127. The first-order valence-corrected chi connectivity index (χ1v) is 9.24. The molecule has 0 spiro atoms. The maximum atomic E-state index is 5.98. The lowest BCUT2D eigenvalue weighted by Gasteiger charge is -2.19.